The van der Waals surface area contributed by atoms with Crippen LogP contribution in [-0.2, 0) is 29.0 Å². The first-order chi connectivity index (χ1) is 14.0. The van der Waals surface area contributed by atoms with Crippen molar-refractivity contribution in [2.75, 3.05) is 6.54 Å². The van der Waals surface area contributed by atoms with Gasteiger partial charge < -0.3 is 20.7 Å². The van der Waals surface area contributed by atoms with Crippen LogP contribution < -0.4 is 16.0 Å². The van der Waals surface area contributed by atoms with Gasteiger partial charge in [0.05, 0.1) is 14.4 Å². The summed E-state index contributed by atoms with van der Waals surface area (Å²) in [7, 11) is 0. The Bertz CT molecular complexity index is 856. The van der Waals surface area contributed by atoms with E-state index in [1.54, 1.807) is 11.3 Å². The maximum absolute atomic E-state index is 12.7. The standard InChI is InChI=1S/C21H30BrN3O3S2/c1-7-13(19(26)28-21(4,5)6)18(29-12(2)3)25-20(27)24-10-15-14-8-9-23-11-16(14)30-17(15)22/h23H,2,7-11H2,1,3-6H3,(H2,24,25,27)/b18-13+. The number of fused-ring (bicyclic) bond motifs is 1. The highest BCUT2D eigenvalue weighted by Crippen LogP contribution is 2.35. The topological polar surface area (TPSA) is 79.5 Å². The lowest BCUT2D eigenvalue weighted by Gasteiger charge is -2.22. The number of thiophene rings is 1. The van der Waals surface area contributed by atoms with Crippen molar-refractivity contribution < 1.29 is 14.3 Å². The van der Waals surface area contributed by atoms with Crippen LogP contribution in [0.25, 0.3) is 0 Å². The molecule has 1 aromatic rings. The number of allylic oxidation sites excluding steroid dienone is 1. The summed E-state index contributed by atoms with van der Waals surface area (Å²) >= 11 is 6.59. The molecule has 0 saturated carbocycles. The number of thioether (sulfide) groups is 1. The van der Waals surface area contributed by atoms with Gasteiger partial charge in [-0.3, -0.25) is 0 Å². The zero-order valence-corrected chi connectivity index (χ0v) is 21.4. The molecule has 0 bridgehead atoms. The molecule has 6 nitrogen and oxygen atoms in total. The van der Waals surface area contributed by atoms with E-state index < -0.39 is 11.6 Å². The van der Waals surface area contributed by atoms with Crippen molar-refractivity contribution in [1.82, 2.24) is 16.0 Å². The second-order valence-corrected chi connectivity index (χ2v) is 11.7. The summed E-state index contributed by atoms with van der Waals surface area (Å²) in [5.41, 5.74) is 2.24. The van der Waals surface area contributed by atoms with E-state index in [2.05, 4.69) is 38.5 Å². The minimum Gasteiger partial charge on any atom is -0.457 e. The first kappa shape index (κ1) is 25.0. The number of esters is 1. The lowest BCUT2D eigenvalue weighted by atomic mass is 10.0. The number of amides is 2. The summed E-state index contributed by atoms with van der Waals surface area (Å²) in [6.07, 6.45) is 1.38. The minimum absolute atomic E-state index is 0.367. The number of urea groups is 1. The van der Waals surface area contributed by atoms with Crippen LogP contribution in [0.1, 0.15) is 57.0 Å². The number of carbonyl (C=O) groups is 2. The number of rotatable bonds is 7. The molecule has 2 heterocycles. The van der Waals surface area contributed by atoms with Gasteiger partial charge in [0.15, 0.2) is 0 Å². The number of hydrogen-bond donors (Lipinski definition) is 3. The van der Waals surface area contributed by atoms with Gasteiger partial charge in [-0.1, -0.05) is 25.3 Å². The Morgan fingerprint density at radius 2 is 2.07 bits per heavy atom. The summed E-state index contributed by atoms with van der Waals surface area (Å²) in [6, 6.07) is -0.367. The van der Waals surface area contributed by atoms with Gasteiger partial charge in [0.1, 0.15) is 5.60 Å². The Kier molecular flexibility index (Phi) is 9.02. The molecule has 1 aliphatic rings. The number of nitrogens with one attached hydrogen (secondary N) is 3. The molecular weight excluding hydrogens is 486 g/mol. The van der Waals surface area contributed by atoms with Crippen molar-refractivity contribution in [2.24, 2.45) is 0 Å². The molecule has 2 rings (SSSR count). The summed E-state index contributed by atoms with van der Waals surface area (Å²) in [5, 5.41) is 9.57. The van der Waals surface area contributed by atoms with Gasteiger partial charge in [-0.25, -0.2) is 9.59 Å². The number of carbonyl (C=O) groups excluding carboxylic acids is 2. The molecule has 0 unspecified atom stereocenters. The fraction of sp³-hybridized carbons (Fsp3) is 0.524. The van der Waals surface area contributed by atoms with Crippen LogP contribution in [0.3, 0.4) is 0 Å². The van der Waals surface area contributed by atoms with Crippen LogP contribution in [-0.4, -0.2) is 24.1 Å². The SMILES string of the molecule is C=C(C)S/C(NC(=O)NCc1c(Br)sc2c1CCNC2)=C(\CC)C(=O)OC(C)(C)C. The fourth-order valence-electron chi connectivity index (χ4n) is 2.93. The van der Waals surface area contributed by atoms with Gasteiger partial charge in [0, 0.05) is 18.0 Å². The van der Waals surface area contributed by atoms with Gasteiger partial charge in [0.2, 0.25) is 0 Å². The highest BCUT2D eigenvalue weighted by atomic mass is 79.9. The molecule has 0 aromatic carbocycles. The van der Waals surface area contributed by atoms with Gasteiger partial charge in [0.25, 0.3) is 0 Å². The van der Waals surface area contributed by atoms with E-state index in [0.717, 1.165) is 33.8 Å². The highest BCUT2D eigenvalue weighted by molar-refractivity contribution is 9.11. The third-order valence-corrected chi connectivity index (χ3v) is 7.12. The van der Waals surface area contributed by atoms with Crippen molar-refractivity contribution in [2.45, 2.75) is 66.2 Å². The molecule has 0 spiro atoms. The average molecular weight is 517 g/mol. The summed E-state index contributed by atoms with van der Waals surface area (Å²) in [5.74, 6) is -0.434. The lowest BCUT2D eigenvalue weighted by Crippen LogP contribution is -2.36. The van der Waals surface area contributed by atoms with Crippen LogP contribution in [0.4, 0.5) is 4.79 Å². The Morgan fingerprint density at radius 3 is 2.67 bits per heavy atom. The molecular formula is C21H30BrN3O3S2. The van der Waals surface area contributed by atoms with Crippen LogP contribution in [0, 0.1) is 0 Å². The van der Waals surface area contributed by atoms with Crippen LogP contribution >= 0.6 is 39.0 Å². The van der Waals surface area contributed by atoms with Crippen molar-refractivity contribution >= 4 is 51.0 Å². The number of halogens is 1. The molecule has 166 valence electrons. The number of ether oxygens (including phenoxy) is 1. The normalized spacial score (nSPS) is 14.5. The second kappa shape index (κ2) is 10.8. The van der Waals surface area contributed by atoms with Crippen molar-refractivity contribution in [3.05, 3.63) is 41.9 Å². The third kappa shape index (κ3) is 7.14. The lowest BCUT2D eigenvalue weighted by molar-refractivity contribution is -0.150. The van der Waals surface area contributed by atoms with E-state index in [1.165, 1.54) is 22.2 Å². The predicted molar refractivity (Wildman–Crippen MR) is 128 cm³/mol. The Hall–Kier alpha value is -1.29. The molecule has 0 atom stereocenters. The molecule has 0 aliphatic carbocycles. The maximum Gasteiger partial charge on any atom is 0.337 e. The van der Waals surface area contributed by atoms with E-state index in [0.29, 0.717) is 23.6 Å². The summed E-state index contributed by atoms with van der Waals surface area (Å²) < 4.78 is 6.56. The minimum atomic E-state index is -0.613. The second-order valence-electron chi connectivity index (χ2n) is 7.96. The van der Waals surface area contributed by atoms with Crippen LogP contribution in [0.2, 0.25) is 0 Å². The molecule has 0 fully saturated rings. The Balaban J connectivity index is 2.14. The molecule has 30 heavy (non-hydrogen) atoms. The fourth-order valence-corrected chi connectivity index (χ4v) is 5.80. The summed E-state index contributed by atoms with van der Waals surface area (Å²) in [4.78, 5) is 27.4. The zero-order valence-electron chi connectivity index (χ0n) is 18.2. The molecule has 9 heteroatoms. The molecule has 0 saturated heterocycles. The molecule has 3 N–H and O–H groups in total. The van der Waals surface area contributed by atoms with Crippen molar-refractivity contribution in [1.29, 1.82) is 0 Å². The van der Waals surface area contributed by atoms with E-state index in [-0.39, 0.29) is 6.03 Å². The van der Waals surface area contributed by atoms with Crippen molar-refractivity contribution in [3.63, 3.8) is 0 Å². The van der Waals surface area contributed by atoms with E-state index >= 15 is 0 Å². The van der Waals surface area contributed by atoms with Gasteiger partial charge >= 0.3 is 12.0 Å². The molecule has 1 aliphatic heterocycles. The largest absolute Gasteiger partial charge is 0.457 e. The van der Waals surface area contributed by atoms with Crippen molar-refractivity contribution in [3.8, 4) is 0 Å². The van der Waals surface area contributed by atoms with Gasteiger partial charge in [-0.2, -0.15) is 0 Å². The smallest absolute Gasteiger partial charge is 0.337 e. The number of hydrogen-bond acceptors (Lipinski definition) is 6. The Labute approximate surface area is 195 Å². The van der Waals surface area contributed by atoms with E-state index in [1.807, 2.05) is 34.6 Å². The van der Waals surface area contributed by atoms with E-state index in [4.69, 9.17) is 4.74 Å². The van der Waals surface area contributed by atoms with E-state index in [9.17, 15) is 9.59 Å². The monoisotopic (exact) mass is 515 g/mol. The van der Waals surface area contributed by atoms with Gasteiger partial charge in [-0.15, -0.1) is 11.3 Å². The maximum atomic E-state index is 12.7. The average Bonchev–Trinajstić information content (AvgIpc) is 2.93. The van der Waals surface area contributed by atoms with Gasteiger partial charge in [-0.05, 0) is 79.0 Å². The quantitative estimate of drug-likeness (QED) is 0.344. The third-order valence-electron chi connectivity index (χ3n) is 4.19. The zero-order chi connectivity index (χ0) is 22.5. The highest BCUT2D eigenvalue weighted by Gasteiger charge is 2.24. The van der Waals surface area contributed by atoms with Crippen LogP contribution in [0.5, 0.6) is 0 Å². The first-order valence-electron chi connectivity index (χ1n) is 9.86. The summed E-state index contributed by atoms with van der Waals surface area (Å²) in [6.45, 7) is 15.3. The molecule has 0 radical (unpaired) electrons. The Morgan fingerprint density at radius 1 is 1.37 bits per heavy atom. The molecule has 1 aromatic heterocycles. The first-order valence-corrected chi connectivity index (χ1v) is 12.3. The van der Waals surface area contributed by atoms with Crippen LogP contribution in [0.15, 0.2) is 25.9 Å². The predicted octanol–water partition coefficient (Wildman–Crippen LogP) is 5.19. The molecule has 2 amide bonds.